The van der Waals surface area contributed by atoms with Gasteiger partial charge in [0.1, 0.15) is 5.82 Å². The second kappa shape index (κ2) is 6.64. The minimum atomic E-state index is -0.888. The van der Waals surface area contributed by atoms with Crippen molar-refractivity contribution in [3.8, 4) is 0 Å². The Labute approximate surface area is 131 Å². The lowest BCUT2D eigenvalue weighted by atomic mass is 10.1. The maximum atomic E-state index is 13.1. The maximum Gasteiger partial charge on any atom is 0.125 e. The van der Waals surface area contributed by atoms with Crippen LogP contribution in [0.15, 0.2) is 36.4 Å². The molecule has 1 atom stereocenters. The summed E-state index contributed by atoms with van der Waals surface area (Å²) >= 11 is 17.8. The number of benzene rings is 2. The van der Waals surface area contributed by atoms with E-state index >= 15 is 0 Å². The molecule has 0 heterocycles. The first-order chi connectivity index (χ1) is 9.47. The quantitative estimate of drug-likeness (QED) is 0.831. The van der Waals surface area contributed by atoms with Crippen molar-refractivity contribution < 1.29 is 9.50 Å². The lowest BCUT2D eigenvalue weighted by molar-refractivity contribution is 0.192. The molecule has 0 aliphatic carbocycles. The Hall–Kier alpha value is -1.000. The van der Waals surface area contributed by atoms with Crippen LogP contribution in [-0.2, 0) is 0 Å². The average molecular weight is 335 g/mol. The molecule has 2 aromatic carbocycles. The van der Waals surface area contributed by atoms with Gasteiger partial charge in [-0.3, -0.25) is 0 Å². The van der Waals surface area contributed by atoms with Gasteiger partial charge in [0.25, 0.3) is 0 Å². The van der Waals surface area contributed by atoms with Gasteiger partial charge in [-0.2, -0.15) is 0 Å². The van der Waals surface area contributed by atoms with Gasteiger partial charge >= 0.3 is 0 Å². The molecule has 0 aliphatic heterocycles. The van der Waals surface area contributed by atoms with Crippen LogP contribution < -0.4 is 5.32 Å². The third-order valence-corrected chi connectivity index (χ3v) is 3.64. The van der Waals surface area contributed by atoms with E-state index in [0.717, 1.165) is 0 Å². The fourth-order valence-electron chi connectivity index (χ4n) is 1.72. The highest BCUT2D eigenvalue weighted by Crippen LogP contribution is 2.28. The Kier molecular flexibility index (Phi) is 5.11. The van der Waals surface area contributed by atoms with Gasteiger partial charge in [-0.05, 0) is 36.4 Å². The Bertz CT molecular complexity index is 621. The van der Waals surface area contributed by atoms with Gasteiger partial charge in [0.05, 0.1) is 16.8 Å². The predicted octanol–water partition coefficient (Wildman–Crippen LogP) is 4.93. The molecule has 20 heavy (non-hydrogen) atoms. The van der Waals surface area contributed by atoms with Gasteiger partial charge in [-0.1, -0.05) is 34.8 Å². The van der Waals surface area contributed by atoms with Crippen molar-refractivity contribution in [3.05, 3.63) is 62.8 Å². The van der Waals surface area contributed by atoms with Crippen LogP contribution >= 0.6 is 34.8 Å². The van der Waals surface area contributed by atoms with Crippen molar-refractivity contribution >= 4 is 40.5 Å². The standard InChI is InChI=1S/C14H11Cl3FNO/c15-8-1-3-11(16)10(5-8)14(20)7-19-13-6-9(18)2-4-12(13)17/h1-6,14,19-20H,7H2. The van der Waals surface area contributed by atoms with Gasteiger partial charge in [-0.15, -0.1) is 0 Å². The number of hydrogen-bond donors (Lipinski definition) is 2. The largest absolute Gasteiger partial charge is 0.387 e. The lowest BCUT2D eigenvalue weighted by Crippen LogP contribution is -2.13. The number of aliphatic hydroxyl groups excluding tert-OH is 1. The molecule has 0 bridgehead atoms. The molecule has 0 aromatic heterocycles. The van der Waals surface area contributed by atoms with Gasteiger partial charge in [0, 0.05) is 22.2 Å². The summed E-state index contributed by atoms with van der Waals surface area (Å²) in [7, 11) is 0. The summed E-state index contributed by atoms with van der Waals surface area (Å²) in [5.74, 6) is -0.410. The fraction of sp³-hybridized carbons (Fsp3) is 0.143. The lowest BCUT2D eigenvalue weighted by Gasteiger charge is -2.15. The maximum absolute atomic E-state index is 13.1. The molecule has 0 saturated carbocycles. The first-order valence-corrected chi connectivity index (χ1v) is 6.92. The molecule has 0 fully saturated rings. The van der Waals surface area contributed by atoms with E-state index in [1.807, 2.05) is 0 Å². The minimum absolute atomic E-state index is 0.128. The highest BCUT2D eigenvalue weighted by Gasteiger charge is 2.13. The molecule has 0 saturated heterocycles. The van der Waals surface area contributed by atoms with Crippen molar-refractivity contribution in [3.63, 3.8) is 0 Å². The van der Waals surface area contributed by atoms with E-state index < -0.39 is 11.9 Å². The van der Waals surface area contributed by atoms with Crippen molar-refractivity contribution in [1.29, 1.82) is 0 Å². The summed E-state index contributed by atoms with van der Waals surface area (Å²) in [5.41, 5.74) is 0.906. The summed E-state index contributed by atoms with van der Waals surface area (Å²) in [4.78, 5) is 0. The number of aliphatic hydroxyl groups is 1. The van der Waals surface area contributed by atoms with Crippen molar-refractivity contribution in [2.24, 2.45) is 0 Å². The normalized spacial score (nSPS) is 12.2. The van der Waals surface area contributed by atoms with Crippen LogP contribution in [0.25, 0.3) is 0 Å². The third kappa shape index (κ3) is 3.76. The molecule has 106 valence electrons. The van der Waals surface area contributed by atoms with E-state index in [-0.39, 0.29) is 6.54 Å². The second-order valence-corrected chi connectivity index (χ2v) is 5.44. The summed E-state index contributed by atoms with van der Waals surface area (Å²) in [5, 5.41) is 14.2. The summed E-state index contributed by atoms with van der Waals surface area (Å²) in [6.45, 7) is 0.128. The van der Waals surface area contributed by atoms with Crippen LogP contribution in [0.5, 0.6) is 0 Å². The molecule has 2 nitrogen and oxygen atoms in total. The summed E-state index contributed by atoms with van der Waals surface area (Å²) in [6, 6.07) is 8.79. The van der Waals surface area contributed by atoms with Crippen LogP contribution in [0, 0.1) is 5.82 Å². The zero-order chi connectivity index (χ0) is 14.7. The van der Waals surface area contributed by atoms with Crippen LogP contribution in [0.1, 0.15) is 11.7 Å². The Morgan fingerprint density at radius 3 is 2.50 bits per heavy atom. The van der Waals surface area contributed by atoms with Gasteiger partial charge < -0.3 is 10.4 Å². The SMILES string of the molecule is OC(CNc1cc(F)ccc1Cl)c1cc(Cl)ccc1Cl. The van der Waals surface area contributed by atoms with Gasteiger partial charge in [0.15, 0.2) is 0 Å². The van der Waals surface area contributed by atoms with E-state index in [2.05, 4.69) is 5.32 Å². The third-order valence-electron chi connectivity index (χ3n) is 2.73. The number of hydrogen-bond acceptors (Lipinski definition) is 2. The van der Waals surface area contributed by atoms with Crippen molar-refractivity contribution in [1.82, 2.24) is 0 Å². The van der Waals surface area contributed by atoms with Crippen LogP contribution in [-0.4, -0.2) is 11.7 Å². The molecule has 1 unspecified atom stereocenters. The van der Waals surface area contributed by atoms with Crippen molar-refractivity contribution in [2.75, 3.05) is 11.9 Å². The molecule has 0 aliphatic rings. The number of halogens is 4. The second-order valence-electron chi connectivity index (χ2n) is 4.19. The molecule has 0 spiro atoms. The smallest absolute Gasteiger partial charge is 0.125 e. The highest BCUT2D eigenvalue weighted by molar-refractivity contribution is 6.33. The number of rotatable bonds is 4. The zero-order valence-electron chi connectivity index (χ0n) is 10.2. The molecular formula is C14H11Cl3FNO. The molecule has 0 amide bonds. The van der Waals surface area contributed by atoms with Crippen molar-refractivity contribution in [2.45, 2.75) is 6.10 Å². The topological polar surface area (TPSA) is 32.3 Å². The Balaban J connectivity index is 2.10. The number of nitrogens with one attached hydrogen (secondary N) is 1. The molecule has 0 radical (unpaired) electrons. The Morgan fingerprint density at radius 2 is 1.75 bits per heavy atom. The minimum Gasteiger partial charge on any atom is -0.387 e. The van der Waals surface area contributed by atoms with E-state index in [4.69, 9.17) is 34.8 Å². The van der Waals surface area contributed by atoms with Crippen LogP contribution in [0.2, 0.25) is 15.1 Å². The van der Waals surface area contributed by atoms with E-state index in [9.17, 15) is 9.50 Å². The van der Waals surface area contributed by atoms with Gasteiger partial charge in [-0.25, -0.2) is 4.39 Å². The molecule has 2 aromatic rings. The Morgan fingerprint density at radius 1 is 1.05 bits per heavy atom. The van der Waals surface area contributed by atoms with E-state index in [1.54, 1.807) is 18.2 Å². The molecule has 2 rings (SSSR count). The molecule has 6 heteroatoms. The van der Waals surface area contributed by atoms with Gasteiger partial charge in [0.2, 0.25) is 0 Å². The van der Waals surface area contributed by atoms with Crippen LogP contribution in [0.3, 0.4) is 0 Å². The van der Waals surface area contributed by atoms with E-state index in [1.165, 1.54) is 18.2 Å². The average Bonchev–Trinajstić information content (AvgIpc) is 2.42. The zero-order valence-corrected chi connectivity index (χ0v) is 12.5. The monoisotopic (exact) mass is 333 g/mol. The first kappa shape index (κ1) is 15.4. The molecular weight excluding hydrogens is 324 g/mol. The predicted molar refractivity (Wildman–Crippen MR) is 81.3 cm³/mol. The van der Waals surface area contributed by atoms with E-state index in [0.29, 0.717) is 26.3 Å². The summed E-state index contributed by atoms with van der Waals surface area (Å²) < 4.78 is 13.1. The fourth-order valence-corrected chi connectivity index (χ4v) is 2.33. The van der Waals surface area contributed by atoms with Crippen LogP contribution in [0.4, 0.5) is 10.1 Å². The molecule has 2 N–H and O–H groups in total. The first-order valence-electron chi connectivity index (χ1n) is 5.79. The summed E-state index contributed by atoms with van der Waals surface area (Å²) in [6.07, 6.45) is -0.888. The number of anilines is 1. The highest BCUT2D eigenvalue weighted by atomic mass is 35.5.